The van der Waals surface area contributed by atoms with Crippen LogP contribution in [0, 0.1) is 5.92 Å². The predicted octanol–water partition coefficient (Wildman–Crippen LogP) is 3.52. The lowest BCUT2D eigenvalue weighted by Crippen LogP contribution is -2.29. The second-order valence-corrected chi connectivity index (χ2v) is 4.78. The summed E-state index contributed by atoms with van der Waals surface area (Å²) in [4.78, 5) is 13.2. The molecule has 0 aliphatic carbocycles. The van der Waals surface area contributed by atoms with E-state index >= 15 is 0 Å². The summed E-state index contributed by atoms with van der Waals surface area (Å²) in [6, 6.07) is 4.98. The van der Waals surface area contributed by atoms with Crippen LogP contribution in [0.25, 0.3) is 0 Å². The number of para-hydroxylation sites is 1. The summed E-state index contributed by atoms with van der Waals surface area (Å²) in [6.07, 6.45) is 0. The zero-order chi connectivity index (χ0) is 13.0. The fourth-order valence-electron chi connectivity index (χ4n) is 1.83. The van der Waals surface area contributed by atoms with Gasteiger partial charge in [-0.05, 0) is 25.0 Å². The molecule has 0 unspecified atom stereocenters. The molecule has 1 aromatic carbocycles. The Bertz CT molecular complexity index is 404. The zero-order valence-electron chi connectivity index (χ0n) is 10.4. The highest BCUT2D eigenvalue weighted by Crippen LogP contribution is 2.30. The molecule has 0 saturated carbocycles. The Morgan fingerprint density at radius 2 is 2.12 bits per heavy atom. The van der Waals surface area contributed by atoms with Crippen LogP contribution < -0.4 is 4.90 Å². The fraction of sp³-hybridized carbons (Fsp3) is 0.462. The Morgan fingerprint density at radius 1 is 1.47 bits per heavy atom. The molecule has 0 aliphatic heterocycles. The van der Waals surface area contributed by atoms with E-state index < -0.39 is 5.97 Å². The Kier molecular flexibility index (Phi) is 4.82. The molecule has 1 rings (SSSR count). The third-order valence-corrected chi connectivity index (χ3v) is 2.81. The van der Waals surface area contributed by atoms with Crippen LogP contribution in [-0.4, -0.2) is 24.2 Å². The van der Waals surface area contributed by atoms with E-state index in [4.69, 9.17) is 11.6 Å². The predicted molar refractivity (Wildman–Crippen MR) is 71.1 cm³/mol. The van der Waals surface area contributed by atoms with Gasteiger partial charge in [0.1, 0.15) is 0 Å². The number of hydrogen-bond donors (Lipinski definition) is 1. The maximum Gasteiger partial charge on any atom is 0.337 e. The van der Waals surface area contributed by atoms with Crippen molar-refractivity contribution in [2.45, 2.75) is 20.8 Å². The van der Waals surface area contributed by atoms with Crippen LogP contribution in [0.15, 0.2) is 18.2 Å². The van der Waals surface area contributed by atoms with Gasteiger partial charge in [0.05, 0.1) is 16.3 Å². The normalized spacial score (nSPS) is 10.6. The van der Waals surface area contributed by atoms with Crippen molar-refractivity contribution in [1.82, 2.24) is 0 Å². The molecule has 0 saturated heterocycles. The van der Waals surface area contributed by atoms with Gasteiger partial charge in [-0.1, -0.05) is 31.5 Å². The van der Waals surface area contributed by atoms with Crippen molar-refractivity contribution in [1.29, 1.82) is 0 Å². The Hall–Kier alpha value is -1.22. The summed E-state index contributed by atoms with van der Waals surface area (Å²) in [5.41, 5.74) is 0.887. The lowest BCUT2D eigenvalue weighted by atomic mass is 10.1. The number of anilines is 1. The van der Waals surface area contributed by atoms with Crippen LogP contribution in [-0.2, 0) is 0 Å². The first kappa shape index (κ1) is 13.8. The highest BCUT2D eigenvalue weighted by Gasteiger charge is 2.18. The van der Waals surface area contributed by atoms with Gasteiger partial charge in [-0.15, -0.1) is 0 Å². The van der Waals surface area contributed by atoms with E-state index in [0.29, 0.717) is 16.6 Å². The van der Waals surface area contributed by atoms with E-state index in [1.807, 2.05) is 11.8 Å². The smallest absolute Gasteiger partial charge is 0.337 e. The molecule has 1 aromatic rings. The van der Waals surface area contributed by atoms with Gasteiger partial charge in [-0.25, -0.2) is 4.79 Å². The third kappa shape index (κ3) is 3.37. The minimum absolute atomic E-state index is 0.264. The number of halogens is 1. The van der Waals surface area contributed by atoms with Crippen molar-refractivity contribution in [2.24, 2.45) is 5.92 Å². The molecule has 0 heterocycles. The topological polar surface area (TPSA) is 40.5 Å². The third-order valence-electron chi connectivity index (χ3n) is 2.50. The molecule has 0 spiro atoms. The first-order chi connectivity index (χ1) is 7.97. The largest absolute Gasteiger partial charge is 0.478 e. The van der Waals surface area contributed by atoms with Crippen LogP contribution in [0.2, 0.25) is 5.02 Å². The highest BCUT2D eigenvalue weighted by molar-refractivity contribution is 6.34. The molecule has 3 nitrogen and oxygen atoms in total. The minimum Gasteiger partial charge on any atom is -0.478 e. The number of hydrogen-bond acceptors (Lipinski definition) is 2. The second kappa shape index (κ2) is 5.92. The summed E-state index contributed by atoms with van der Waals surface area (Å²) in [5.74, 6) is -0.488. The van der Waals surface area contributed by atoms with E-state index in [1.165, 1.54) is 0 Å². The molecule has 4 heteroatoms. The second-order valence-electron chi connectivity index (χ2n) is 4.37. The lowest BCUT2D eigenvalue weighted by Gasteiger charge is -2.27. The fourth-order valence-corrected chi connectivity index (χ4v) is 2.12. The molecular weight excluding hydrogens is 238 g/mol. The molecule has 1 N–H and O–H groups in total. The Labute approximate surface area is 107 Å². The van der Waals surface area contributed by atoms with Crippen molar-refractivity contribution in [3.8, 4) is 0 Å². The van der Waals surface area contributed by atoms with Crippen molar-refractivity contribution >= 4 is 23.3 Å². The number of benzene rings is 1. The standard InChI is InChI=1S/C13H18ClNO2/c1-4-15(8-9(2)3)12-10(13(16)17)6-5-7-11(12)14/h5-7,9H,4,8H2,1-3H3,(H,16,17). The number of nitrogens with zero attached hydrogens (tertiary/aromatic N) is 1. The summed E-state index contributed by atoms with van der Waals surface area (Å²) in [6.45, 7) is 7.72. The number of carboxylic acids is 1. The van der Waals surface area contributed by atoms with Crippen LogP contribution in [0.3, 0.4) is 0 Å². The molecule has 0 atom stereocenters. The molecule has 0 aliphatic rings. The van der Waals surface area contributed by atoms with Gasteiger partial charge < -0.3 is 10.0 Å². The van der Waals surface area contributed by atoms with Gasteiger partial charge in [0, 0.05) is 13.1 Å². The van der Waals surface area contributed by atoms with Gasteiger partial charge in [-0.3, -0.25) is 0 Å². The molecule has 0 fully saturated rings. The average Bonchev–Trinajstić information content (AvgIpc) is 2.25. The first-order valence-electron chi connectivity index (χ1n) is 5.74. The maximum absolute atomic E-state index is 11.2. The molecular formula is C13H18ClNO2. The van der Waals surface area contributed by atoms with Crippen molar-refractivity contribution in [2.75, 3.05) is 18.0 Å². The number of carbonyl (C=O) groups is 1. The van der Waals surface area contributed by atoms with Crippen molar-refractivity contribution in [3.05, 3.63) is 28.8 Å². The van der Waals surface area contributed by atoms with Crippen LogP contribution in [0.4, 0.5) is 5.69 Å². The molecule has 0 amide bonds. The van der Waals surface area contributed by atoms with Crippen molar-refractivity contribution in [3.63, 3.8) is 0 Å². The quantitative estimate of drug-likeness (QED) is 0.875. The monoisotopic (exact) mass is 255 g/mol. The SMILES string of the molecule is CCN(CC(C)C)c1c(Cl)cccc1C(=O)O. The average molecular weight is 256 g/mol. The first-order valence-corrected chi connectivity index (χ1v) is 6.11. The van der Waals surface area contributed by atoms with Gasteiger partial charge in [0.25, 0.3) is 0 Å². The minimum atomic E-state index is -0.940. The summed E-state index contributed by atoms with van der Waals surface area (Å²) >= 11 is 6.13. The van der Waals surface area contributed by atoms with Gasteiger partial charge in [-0.2, -0.15) is 0 Å². The summed E-state index contributed by atoms with van der Waals surface area (Å²) < 4.78 is 0. The number of aromatic carboxylic acids is 1. The Morgan fingerprint density at radius 3 is 2.59 bits per heavy atom. The number of carboxylic acid groups (broad SMARTS) is 1. The van der Waals surface area contributed by atoms with E-state index in [1.54, 1.807) is 18.2 Å². The lowest BCUT2D eigenvalue weighted by molar-refractivity contribution is 0.0697. The highest BCUT2D eigenvalue weighted by atomic mass is 35.5. The summed E-state index contributed by atoms with van der Waals surface area (Å²) in [7, 11) is 0. The number of rotatable bonds is 5. The molecule has 0 aromatic heterocycles. The van der Waals surface area contributed by atoms with Crippen LogP contribution >= 0.6 is 11.6 Å². The van der Waals surface area contributed by atoms with Gasteiger partial charge >= 0.3 is 5.97 Å². The molecule has 0 bridgehead atoms. The van der Waals surface area contributed by atoms with Gasteiger partial charge in [0.2, 0.25) is 0 Å². The molecule has 94 valence electrons. The van der Waals surface area contributed by atoms with Crippen LogP contribution in [0.5, 0.6) is 0 Å². The van der Waals surface area contributed by atoms with Crippen LogP contribution in [0.1, 0.15) is 31.1 Å². The van der Waals surface area contributed by atoms with E-state index in [0.717, 1.165) is 13.1 Å². The maximum atomic E-state index is 11.2. The molecule has 17 heavy (non-hydrogen) atoms. The van der Waals surface area contributed by atoms with Gasteiger partial charge in [0.15, 0.2) is 0 Å². The van der Waals surface area contributed by atoms with E-state index in [2.05, 4.69) is 13.8 Å². The van der Waals surface area contributed by atoms with E-state index in [-0.39, 0.29) is 5.56 Å². The Balaban J connectivity index is 3.21. The summed E-state index contributed by atoms with van der Waals surface area (Å²) in [5, 5.41) is 9.68. The van der Waals surface area contributed by atoms with Crippen molar-refractivity contribution < 1.29 is 9.90 Å². The zero-order valence-corrected chi connectivity index (χ0v) is 11.2. The molecule has 0 radical (unpaired) electrons. The van der Waals surface area contributed by atoms with E-state index in [9.17, 15) is 9.90 Å².